The van der Waals surface area contributed by atoms with Gasteiger partial charge in [0.2, 0.25) is 5.91 Å². The zero-order chi connectivity index (χ0) is 16.8. The van der Waals surface area contributed by atoms with E-state index < -0.39 is 17.6 Å². The summed E-state index contributed by atoms with van der Waals surface area (Å²) in [5.41, 5.74) is 5.97. The van der Waals surface area contributed by atoms with E-state index in [-0.39, 0.29) is 0 Å². The van der Waals surface area contributed by atoms with Crippen LogP contribution in [0.25, 0.3) is 0 Å². The average Bonchev–Trinajstić information content (AvgIpc) is 2.55. The highest BCUT2D eigenvalue weighted by atomic mass is 19.1. The first-order valence-electron chi connectivity index (χ1n) is 6.72. The van der Waals surface area contributed by atoms with Gasteiger partial charge in [0, 0.05) is 23.9 Å². The van der Waals surface area contributed by atoms with Gasteiger partial charge in [0.15, 0.2) is 0 Å². The van der Waals surface area contributed by atoms with Crippen LogP contribution in [0.5, 0.6) is 5.75 Å². The molecule has 0 bridgehead atoms. The highest BCUT2D eigenvalue weighted by Gasteiger charge is 2.16. The Morgan fingerprint density at radius 1 is 1.09 bits per heavy atom. The summed E-state index contributed by atoms with van der Waals surface area (Å²) >= 11 is 0. The first kappa shape index (κ1) is 16.2. The van der Waals surface area contributed by atoms with E-state index >= 15 is 0 Å². The Bertz CT molecular complexity index is 742. The van der Waals surface area contributed by atoms with Crippen LogP contribution in [0.2, 0.25) is 0 Å². The van der Waals surface area contributed by atoms with Crippen LogP contribution in [0.1, 0.15) is 0 Å². The topological polar surface area (TPSA) is 72.6 Å². The molecule has 0 radical (unpaired) electrons. The minimum atomic E-state index is -0.733. The molecule has 2 rings (SSSR count). The fourth-order valence-corrected chi connectivity index (χ4v) is 1.97. The molecule has 0 fully saturated rings. The first-order chi connectivity index (χ1) is 11.0. The molecule has 0 heterocycles. The second-order valence-electron chi connectivity index (χ2n) is 4.59. The Hall–Kier alpha value is -3.15. The lowest BCUT2D eigenvalue weighted by Crippen LogP contribution is -2.24. The van der Waals surface area contributed by atoms with E-state index in [1.165, 1.54) is 36.3 Å². The Morgan fingerprint density at radius 3 is 2.39 bits per heavy atom. The van der Waals surface area contributed by atoms with Gasteiger partial charge in [-0.2, -0.15) is 0 Å². The fourth-order valence-electron chi connectivity index (χ4n) is 1.97. The molecule has 0 aliphatic rings. The summed E-state index contributed by atoms with van der Waals surface area (Å²) in [5.74, 6) is -1.09. The van der Waals surface area contributed by atoms with Gasteiger partial charge in [-0.1, -0.05) is 6.07 Å². The van der Waals surface area contributed by atoms with Crippen LogP contribution >= 0.6 is 0 Å². The number of rotatable bonds is 5. The molecule has 0 aliphatic carbocycles. The van der Waals surface area contributed by atoms with Gasteiger partial charge >= 0.3 is 0 Å². The summed E-state index contributed by atoms with van der Waals surface area (Å²) in [6.45, 7) is 0. The molecule has 6 heteroatoms. The van der Waals surface area contributed by atoms with Crippen molar-refractivity contribution in [3.63, 3.8) is 0 Å². The number of anilines is 2. The van der Waals surface area contributed by atoms with Crippen molar-refractivity contribution < 1.29 is 18.7 Å². The number of benzene rings is 2. The highest BCUT2D eigenvalue weighted by molar-refractivity contribution is 6.09. The molecule has 2 aromatic carbocycles. The smallest absolute Gasteiger partial charge is 0.255 e. The van der Waals surface area contributed by atoms with Crippen molar-refractivity contribution >= 4 is 23.2 Å². The van der Waals surface area contributed by atoms with Crippen molar-refractivity contribution in [3.05, 3.63) is 66.5 Å². The SMILES string of the molecule is COc1cccc(N(C(=O)/C=C\C(N)=O)c2ccc(F)cc2)c1. The number of carbonyl (C=O) groups excluding carboxylic acids is 2. The molecule has 5 nitrogen and oxygen atoms in total. The third kappa shape index (κ3) is 4.16. The number of methoxy groups -OCH3 is 1. The maximum atomic E-state index is 13.1. The average molecular weight is 314 g/mol. The van der Waals surface area contributed by atoms with E-state index in [2.05, 4.69) is 0 Å². The highest BCUT2D eigenvalue weighted by Crippen LogP contribution is 2.29. The zero-order valence-electron chi connectivity index (χ0n) is 12.4. The predicted octanol–water partition coefficient (Wildman–Crippen LogP) is 2.54. The monoisotopic (exact) mass is 314 g/mol. The molecule has 23 heavy (non-hydrogen) atoms. The number of nitrogens with zero attached hydrogens (tertiary/aromatic N) is 1. The van der Waals surface area contributed by atoms with Gasteiger partial charge < -0.3 is 10.5 Å². The van der Waals surface area contributed by atoms with E-state index in [0.717, 1.165) is 12.2 Å². The third-order valence-electron chi connectivity index (χ3n) is 3.01. The molecule has 2 aromatic rings. The summed E-state index contributed by atoms with van der Waals surface area (Å²) in [5, 5.41) is 0. The zero-order valence-corrected chi connectivity index (χ0v) is 12.4. The number of halogens is 1. The number of amides is 2. The molecular weight excluding hydrogens is 299 g/mol. The van der Waals surface area contributed by atoms with Crippen LogP contribution < -0.4 is 15.4 Å². The number of carbonyl (C=O) groups is 2. The number of hydrogen-bond donors (Lipinski definition) is 1. The van der Waals surface area contributed by atoms with Gasteiger partial charge in [0.25, 0.3) is 5.91 Å². The Kier molecular flexibility index (Phi) is 5.09. The van der Waals surface area contributed by atoms with Gasteiger partial charge in [-0.25, -0.2) is 4.39 Å². The molecular formula is C17H15FN2O3. The number of nitrogens with two attached hydrogens (primary N) is 1. The van der Waals surface area contributed by atoms with E-state index in [9.17, 15) is 14.0 Å². The number of primary amides is 1. The van der Waals surface area contributed by atoms with Crippen LogP contribution in [0, 0.1) is 5.82 Å². The standard InChI is InChI=1S/C17H15FN2O3/c1-23-15-4-2-3-14(11-15)20(17(22)10-9-16(19)21)13-7-5-12(18)6-8-13/h2-11H,1H3,(H2,19,21)/b10-9-. The molecule has 0 aliphatic heterocycles. The number of ether oxygens (including phenoxy) is 1. The van der Waals surface area contributed by atoms with Crippen molar-refractivity contribution in [2.75, 3.05) is 12.0 Å². The maximum Gasteiger partial charge on any atom is 0.255 e. The van der Waals surface area contributed by atoms with Crippen molar-refractivity contribution in [1.29, 1.82) is 0 Å². The summed E-state index contributed by atoms with van der Waals surface area (Å²) in [7, 11) is 1.51. The lowest BCUT2D eigenvalue weighted by Gasteiger charge is -2.22. The lowest BCUT2D eigenvalue weighted by atomic mass is 10.2. The molecule has 0 atom stereocenters. The van der Waals surface area contributed by atoms with Crippen molar-refractivity contribution in [3.8, 4) is 5.75 Å². The first-order valence-corrected chi connectivity index (χ1v) is 6.72. The van der Waals surface area contributed by atoms with E-state index in [0.29, 0.717) is 17.1 Å². The van der Waals surface area contributed by atoms with Crippen LogP contribution in [0.15, 0.2) is 60.7 Å². The predicted molar refractivity (Wildman–Crippen MR) is 84.9 cm³/mol. The van der Waals surface area contributed by atoms with Gasteiger partial charge in [0.05, 0.1) is 12.8 Å². The van der Waals surface area contributed by atoms with Gasteiger partial charge in [-0.15, -0.1) is 0 Å². The summed E-state index contributed by atoms with van der Waals surface area (Å²) in [4.78, 5) is 24.6. The number of hydrogen-bond acceptors (Lipinski definition) is 3. The minimum Gasteiger partial charge on any atom is -0.497 e. The maximum absolute atomic E-state index is 13.1. The fraction of sp³-hybridized carbons (Fsp3) is 0.0588. The van der Waals surface area contributed by atoms with Gasteiger partial charge in [-0.05, 0) is 36.4 Å². The normalized spacial score (nSPS) is 10.5. The Balaban J connectivity index is 2.47. The molecule has 0 spiro atoms. The Labute approximate surface area is 132 Å². The second-order valence-corrected chi connectivity index (χ2v) is 4.59. The molecule has 0 aromatic heterocycles. The molecule has 2 N–H and O–H groups in total. The summed E-state index contributed by atoms with van der Waals surface area (Å²) in [6.07, 6.45) is 2.03. The third-order valence-corrected chi connectivity index (χ3v) is 3.01. The van der Waals surface area contributed by atoms with Crippen LogP contribution in [0.3, 0.4) is 0 Å². The minimum absolute atomic E-state index is 0.417. The van der Waals surface area contributed by atoms with E-state index in [1.807, 2.05) is 0 Å². The molecule has 0 saturated carbocycles. The van der Waals surface area contributed by atoms with E-state index in [4.69, 9.17) is 10.5 Å². The van der Waals surface area contributed by atoms with Crippen molar-refractivity contribution in [2.24, 2.45) is 5.73 Å². The summed E-state index contributed by atoms with van der Waals surface area (Å²) < 4.78 is 18.3. The second kappa shape index (κ2) is 7.22. The molecule has 0 unspecified atom stereocenters. The molecule has 2 amide bonds. The molecule has 118 valence electrons. The lowest BCUT2D eigenvalue weighted by molar-refractivity contribution is -0.115. The largest absolute Gasteiger partial charge is 0.497 e. The van der Waals surface area contributed by atoms with Crippen molar-refractivity contribution in [2.45, 2.75) is 0 Å². The van der Waals surface area contributed by atoms with Crippen LogP contribution in [-0.4, -0.2) is 18.9 Å². The van der Waals surface area contributed by atoms with Gasteiger partial charge in [0.1, 0.15) is 11.6 Å². The summed E-state index contributed by atoms with van der Waals surface area (Å²) in [6, 6.07) is 12.2. The van der Waals surface area contributed by atoms with Crippen LogP contribution in [-0.2, 0) is 9.59 Å². The Morgan fingerprint density at radius 2 is 1.78 bits per heavy atom. The van der Waals surface area contributed by atoms with Gasteiger partial charge in [-0.3, -0.25) is 14.5 Å². The van der Waals surface area contributed by atoms with Crippen molar-refractivity contribution in [1.82, 2.24) is 0 Å². The quantitative estimate of drug-likeness (QED) is 0.862. The van der Waals surface area contributed by atoms with E-state index in [1.54, 1.807) is 24.3 Å². The molecule has 0 saturated heterocycles. The van der Waals surface area contributed by atoms with Crippen LogP contribution in [0.4, 0.5) is 15.8 Å².